The summed E-state index contributed by atoms with van der Waals surface area (Å²) in [7, 11) is 0. The van der Waals surface area contributed by atoms with Gasteiger partial charge in [0.15, 0.2) is 0 Å². The van der Waals surface area contributed by atoms with Gasteiger partial charge in [-0.25, -0.2) is 4.39 Å². The number of halogens is 1. The second-order valence-electron chi connectivity index (χ2n) is 4.47. The van der Waals surface area contributed by atoms with Crippen molar-refractivity contribution in [3.05, 3.63) is 59.3 Å². The minimum atomic E-state index is -0.176. The van der Waals surface area contributed by atoms with Crippen molar-refractivity contribution >= 4 is 0 Å². The van der Waals surface area contributed by atoms with E-state index in [1.807, 2.05) is 25.1 Å². The van der Waals surface area contributed by atoms with E-state index < -0.39 is 0 Å². The highest BCUT2D eigenvalue weighted by Crippen LogP contribution is 2.25. The number of hydrogen-bond donors (Lipinski definition) is 1. The molecule has 2 nitrogen and oxygen atoms in total. The first-order chi connectivity index (χ1) is 8.72. The summed E-state index contributed by atoms with van der Waals surface area (Å²) in [5.41, 5.74) is 2.54. The maximum atomic E-state index is 14.0. The molecule has 0 amide bonds. The van der Waals surface area contributed by atoms with E-state index in [1.165, 1.54) is 0 Å². The molecule has 3 heteroatoms. The standard InChI is InChI=1S/C15H18FNO/c1-3-7-17-15(12-6-8-18-10-12)13-5-4-11(2)9-14(13)16/h4-6,8-10,15,17H,3,7H2,1-2H3. The largest absolute Gasteiger partial charge is 0.472 e. The quantitative estimate of drug-likeness (QED) is 0.869. The second-order valence-corrected chi connectivity index (χ2v) is 4.47. The lowest BCUT2D eigenvalue weighted by molar-refractivity contribution is 0.530. The highest BCUT2D eigenvalue weighted by atomic mass is 19.1. The predicted octanol–water partition coefficient (Wildman–Crippen LogP) is 3.82. The number of hydrogen-bond acceptors (Lipinski definition) is 2. The summed E-state index contributed by atoms with van der Waals surface area (Å²) in [6.07, 6.45) is 4.27. The van der Waals surface area contributed by atoms with Crippen molar-refractivity contribution in [3.8, 4) is 0 Å². The lowest BCUT2D eigenvalue weighted by atomic mass is 9.99. The Morgan fingerprint density at radius 1 is 1.33 bits per heavy atom. The first-order valence-electron chi connectivity index (χ1n) is 6.24. The van der Waals surface area contributed by atoms with Gasteiger partial charge >= 0.3 is 0 Å². The summed E-state index contributed by atoms with van der Waals surface area (Å²) in [5, 5.41) is 3.35. The molecule has 1 aromatic carbocycles. The molecule has 0 fully saturated rings. The van der Waals surface area contributed by atoms with Gasteiger partial charge in [-0.3, -0.25) is 0 Å². The molecule has 0 radical (unpaired) electrons. The second kappa shape index (κ2) is 5.83. The van der Waals surface area contributed by atoms with Crippen LogP contribution in [-0.4, -0.2) is 6.54 Å². The van der Waals surface area contributed by atoms with Crippen LogP contribution in [0.1, 0.15) is 36.1 Å². The Labute approximate surface area is 107 Å². The van der Waals surface area contributed by atoms with Crippen LogP contribution in [0, 0.1) is 12.7 Å². The van der Waals surface area contributed by atoms with Crippen molar-refractivity contribution < 1.29 is 8.81 Å². The highest BCUT2D eigenvalue weighted by Gasteiger charge is 2.18. The molecule has 1 unspecified atom stereocenters. The average Bonchev–Trinajstić information content (AvgIpc) is 2.85. The Kier molecular flexibility index (Phi) is 4.15. The van der Waals surface area contributed by atoms with Crippen molar-refractivity contribution in [1.29, 1.82) is 0 Å². The number of rotatable bonds is 5. The summed E-state index contributed by atoms with van der Waals surface area (Å²) >= 11 is 0. The Morgan fingerprint density at radius 3 is 2.78 bits per heavy atom. The number of nitrogens with one attached hydrogen (secondary N) is 1. The molecule has 1 heterocycles. The fourth-order valence-corrected chi connectivity index (χ4v) is 2.00. The molecule has 1 aromatic heterocycles. The summed E-state index contributed by atoms with van der Waals surface area (Å²) in [6.45, 7) is 4.81. The van der Waals surface area contributed by atoms with Crippen molar-refractivity contribution in [2.24, 2.45) is 0 Å². The van der Waals surface area contributed by atoms with Crippen LogP contribution < -0.4 is 5.32 Å². The van der Waals surface area contributed by atoms with Gasteiger partial charge < -0.3 is 9.73 Å². The molecule has 2 aromatic rings. The number of furan rings is 1. The van der Waals surface area contributed by atoms with E-state index in [4.69, 9.17) is 4.42 Å². The van der Waals surface area contributed by atoms with Gasteiger partial charge in [-0.15, -0.1) is 0 Å². The van der Waals surface area contributed by atoms with Crippen LogP contribution in [0.3, 0.4) is 0 Å². The van der Waals surface area contributed by atoms with Crippen LogP contribution in [0.5, 0.6) is 0 Å². The van der Waals surface area contributed by atoms with Crippen molar-refractivity contribution in [2.45, 2.75) is 26.3 Å². The Morgan fingerprint density at radius 2 is 2.17 bits per heavy atom. The third kappa shape index (κ3) is 2.79. The van der Waals surface area contributed by atoms with E-state index in [1.54, 1.807) is 18.6 Å². The third-order valence-electron chi connectivity index (χ3n) is 2.94. The van der Waals surface area contributed by atoms with Gasteiger partial charge in [-0.05, 0) is 37.6 Å². The molecule has 0 saturated carbocycles. The van der Waals surface area contributed by atoms with Gasteiger partial charge in [-0.1, -0.05) is 19.1 Å². The molecule has 96 valence electrons. The van der Waals surface area contributed by atoms with Gasteiger partial charge in [0.2, 0.25) is 0 Å². The number of aryl methyl sites for hydroxylation is 1. The molecule has 0 spiro atoms. The molecule has 1 N–H and O–H groups in total. The zero-order valence-corrected chi connectivity index (χ0v) is 10.7. The van der Waals surface area contributed by atoms with Crippen LogP contribution in [0.15, 0.2) is 41.2 Å². The van der Waals surface area contributed by atoms with E-state index in [0.717, 1.165) is 24.1 Å². The minimum absolute atomic E-state index is 0.149. The third-order valence-corrected chi connectivity index (χ3v) is 2.94. The lowest BCUT2D eigenvalue weighted by Crippen LogP contribution is -2.23. The SMILES string of the molecule is CCCNC(c1ccoc1)c1ccc(C)cc1F. The maximum Gasteiger partial charge on any atom is 0.128 e. The molecular formula is C15H18FNO. The van der Waals surface area contributed by atoms with Gasteiger partial charge in [0.05, 0.1) is 18.6 Å². The molecule has 0 aliphatic rings. The Hall–Kier alpha value is -1.61. The molecule has 0 aliphatic heterocycles. The first kappa shape index (κ1) is 12.8. The summed E-state index contributed by atoms with van der Waals surface area (Å²) in [4.78, 5) is 0. The monoisotopic (exact) mass is 247 g/mol. The van der Waals surface area contributed by atoms with Gasteiger partial charge in [0.1, 0.15) is 5.82 Å². The zero-order valence-electron chi connectivity index (χ0n) is 10.7. The first-order valence-corrected chi connectivity index (χ1v) is 6.24. The highest BCUT2D eigenvalue weighted by molar-refractivity contribution is 5.32. The number of benzene rings is 1. The summed E-state index contributed by atoms with van der Waals surface area (Å²) in [6, 6.07) is 7.05. The smallest absolute Gasteiger partial charge is 0.128 e. The van der Waals surface area contributed by atoms with Gasteiger partial charge in [0.25, 0.3) is 0 Å². The van der Waals surface area contributed by atoms with E-state index >= 15 is 0 Å². The molecule has 2 rings (SSSR count). The molecule has 0 bridgehead atoms. The molecule has 0 aliphatic carbocycles. The van der Waals surface area contributed by atoms with Crippen LogP contribution in [0.4, 0.5) is 4.39 Å². The van der Waals surface area contributed by atoms with Crippen molar-refractivity contribution in [2.75, 3.05) is 6.54 Å². The van der Waals surface area contributed by atoms with Crippen LogP contribution in [-0.2, 0) is 0 Å². The summed E-state index contributed by atoms with van der Waals surface area (Å²) in [5.74, 6) is -0.176. The minimum Gasteiger partial charge on any atom is -0.472 e. The van der Waals surface area contributed by atoms with Gasteiger partial charge in [-0.2, -0.15) is 0 Å². The summed E-state index contributed by atoms with van der Waals surface area (Å²) < 4.78 is 19.1. The molecule has 0 saturated heterocycles. The zero-order chi connectivity index (χ0) is 13.0. The van der Waals surface area contributed by atoms with E-state index in [2.05, 4.69) is 12.2 Å². The topological polar surface area (TPSA) is 25.2 Å². The molecule has 18 heavy (non-hydrogen) atoms. The Balaban J connectivity index is 2.33. The molecular weight excluding hydrogens is 229 g/mol. The van der Waals surface area contributed by atoms with Crippen molar-refractivity contribution in [3.63, 3.8) is 0 Å². The maximum absolute atomic E-state index is 14.0. The average molecular weight is 247 g/mol. The van der Waals surface area contributed by atoms with Gasteiger partial charge in [0, 0.05) is 11.1 Å². The fraction of sp³-hybridized carbons (Fsp3) is 0.333. The normalized spacial score (nSPS) is 12.6. The predicted molar refractivity (Wildman–Crippen MR) is 70.0 cm³/mol. The Bertz CT molecular complexity index is 493. The van der Waals surface area contributed by atoms with Crippen molar-refractivity contribution in [1.82, 2.24) is 5.32 Å². The van der Waals surface area contributed by atoms with Crippen LogP contribution in [0.2, 0.25) is 0 Å². The van der Waals surface area contributed by atoms with E-state index in [0.29, 0.717) is 5.56 Å². The molecule has 1 atom stereocenters. The lowest BCUT2D eigenvalue weighted by Gasteiger charge is -2.18. The fourth-order valence-electron chi connectivity index (χ4n) is 2.00. The van der Waals surface area contributed by atoms with Crippen LogP contribution >= 0.6 is 0 Å². The van der Waals surface area contributed by atoms with E-state index in [-0.39, 0.29) is 11.9 Å². The van der Waals surface area contributed by atoms with E-state index in [9.17, 15) is 4.39 Å². The van der Waals surface area contributed by atoms with Crippen LogP contribution in [0.25, 0.3) is 0 Å².